The van der Waals surface area contributed by atoms with Gasteiger partial charge in [-0.1, -0.05) is 33.6 Å². The molecule has 2 atom stereocenters. The third kappa shape index (κ3) is 3.41. The van der Waals surface area contributed by atoms with Gasteiger partial charge in [0.1, 0.15) is 12.1 Å². The summed E-state index contributed by atoms with van der Waals surface area (Å²) in [4.78, 5) is 26.9. The van der Waals surface area contributed by atoms with Gasteiger partial charge in [-0.2, -0.15) is 0 Å². The molecule has 1 N–H and O–H groups in total. The molecule has 1 aliphatic carbocycles. The smallest absolute Gasteiger partial charge is 0.246 e. The highest BCUT2D eigenvalue weighted by Gasteiger charge is 2.42. The maximum Gasteiger partial charge on any atom is 0.246 e. The molecular weight excluding hydrogens is 264 g/mol. The van der Waals surface area contributed by atoms with Crippen molar-refractivity contribution in [1.82, 2.24) is 10.2 Å². The van der Waals surface area contributed by atoms with Gasteiger partial charge in [-0.25, -0.2) is 0 Å². The molecule has 1 saturated heterocycles. The van der Waals surface area contributed by atoms with Crippen molar-refractivity contribution in [2.75, 3.05) is 0 Å². The molecule has 0 aromatic rings. The van der Waals surface area contributed by atoms with E-state index in [9.17, 15) is 9.59 Å². The van der Waals surface area contributed by atoms with Crippen molar-refractivity contribution in [3.05, 3.63) is 0 Å². The highest BCUT2D eigenvalue weighted by molar-refractivity contribution is 5.97. The van der Waals surface area contributed by atoms with Crippen LogP contribution in [0.3, 0.4) is 0 Å². The summed E-state index contributed by atoms with van der Waals surface area (Å²) in [6.45, 7) is 6.20. The molecule has 1 saturated carbocycles. The number of carbonyl (C=O) groups is 2. The van der Waals surface area contributed by atoms with Crippen LogP contribution < -0.4 is 5.32 Å². The minimum absolute atomic E-state index is 0.0413. The topological polar surface area (TPSA) is 49.4 Å². The molecule has 4 nitrogen and oxygen atoms in total. The fourth-order valence-corrected chi connectivity index (χ4v) is 4.00. The summed E-state index contributed by atoms with van der Waals surface area (Å²) in [6, 6.07) is -0.294. The average molecular weight is 294 g/mol. The number of piperazine rings is 1. The number of nitrogens with one attached hydrogen (secondary N) is 1. The lowest BCUT2D eigenvalue weighted by molar-refractivity contribution is -0.153. The summed E-state index contributed by atoms with van der Waals surface area (Å²) in [7, 11) is 0. The van der Waals surface area contributed by atoms with E-state index in [4.69, 9.17) is 0 Å². The number of amides is 2. The molecule has 0 spiro atoms. The van der Waals surface area contributed by atoms with Crippen molar-refractivity contribution in [3.63, 3.8) is 0 Å². The molecule has 0 radical (unpaired) electrons. The highest BCUT2D eigenvalue weighted by Crippen LogP contribution is 2.33. The Bertz CT molecular complexity index is 375. The van der Waals surface area contributed by atoms with Crippen molar-refractivity contribution < 1.29 is 9.59 Å². The summed E-state index contributed by atoms with van der Waals surface area (Å²) in [5.74, 6) is 1.00. The first-order valence-electron chi connectivity index (χ1n) is 8.74. The van der Waals surface area contributed by atoms with E-state index in [1.54, 1.807) is 0 Å². The standard InChI is InChI=1S/C17H30N2O2/c1-4-7-12-8-10-13(11-9-12)19-15(6-3)16(20)18-14(5-2)17(19)21/h12-15H,4-11H2,1-3H3,(H,18,20). The molecule has 2 aliphatic rings. The second kappa shape index (κ2) is 7.28. The molecule has 1 aliphatic heterocycles. The molecule has 2 amide bonds. The Morgan fingerprint density at radius 1 is 1.05 bits per heavy atom. The third-order valence-corrected chi connectivity index (χ3v) is 5.21. The highest BCUT2D eigenvalue weighted by atomic mass is 16.2. The van der Waals surface area contributed by atoms with Crippen LogP contribution in [0.25, 0.3) is 0 Å². The predicted octanol–water partition coefficient (Wildman–Crippen LogP) is 2.86. The molecule has 120 valence electrons. The number of rotatable bonds is 5. The van der Waals surface area contributed by atoms with Crippen molar-refractivity contribution in [3.8, 4) is 0 Å². The normalized spacial score (nSPS) is 34.0. The maximum absolute atomic E-state index is 12.7. The van der Waals surface area contributed by atoms with E-state index >= 15 is 0 Å². The summed E-state index contributed by atoms with van der Waals surface area (Å²) >= 11 is 0. The van der Waals surface area contributed by atoms with E-state index in [1.165, 1.54) is 25.7 Å². The Labute approximate surface area is 128 Å². The van der Waals surface area contributed by atoms with Crippen LogP contribution in [0, 0.1) is 5.92 Å². The third-order valence-electron chi connectivity index (χ3n) is 5.21. The lowest BCUT2D eigenvalue weighted by Gasteiger charge is -2.45. The van der Waals surface area contributed by atoms with Crippen LogP contribution in [-0.4, -0.2) is 34.8 Å². The molecule has 4 heteroatoms. The summed E-state index contributed by atoms with van der Waals surface area (Å²) in [5.41, 5.74) is 0. The first-order valence-corrected chi connectivity index (χ1v) is 8.74. The molecule has 0 aromatic heterocycles. The van der Waals surface area contributed by atoms with Crippen molar-refractivity contribution in [2.24, 2.45) is 5.92 Å². The van der Waals surface area contributed by atoms with Gasteiger partial charge in [0.25, 0.3) is 0 Å². The SMILES string of the molecule is CCCC1CCC(N2C(=O)C(CC)NC(=O)C2CC)CC1. The fourth-order valence-electron chi connectivity index (χ4n) is 4.00. The first-order chi connectivity index (χ1) is 10.1. The van der Waals surface area contributed by atoms with E-state index in [2.05, 4.69) is 12.2 Å². The van der Waals surface area contributed by atoms with E-state index in [0.29, 0.717) is 12.8 Å². The lowest BCUT2D eigenvalue weighted by atomic mass is 9.82. The van der Waals surface area contributed by atoms with Crippen LogP contribution >= 0.6 is 0 Å². The minimum Gasteiger partial charge on any atom is -0.343 e. The molecule has 2 unspecified atom stereocenters. The zero-order valence-electron chi connectivity index (χ0n) is 13.7. The minimum atomic E-state index is -0.311. The molecule has 1 heterocycles. The van der Waals surface area contributed by atoms with Crippen LogP contribution in [0.15, 0.2) is 0 Å². The number of hydrogen-bond acceptors (Lipinski definition) is 2. The van der Waals surface area contributed by atoms with Gasteiger partial charge in [0.15, 0.2) is 0 Å². The summed E-state index contributed by atoms with van der Waals surface area (Å²) in [5, 5.41) is 2.88. The van der Waals surface area contributed by atoms with E-state index in [1.807, 2.05) is 18.7 Å². The van der Waals surface area contributed by atoms with Crippen molar-refractivity contribution in [1.29, 1.82) is 0 Å². The maximum atomic E-state index is 12.7. The van der Waals surface area contributed by atoms with Gasteiger partial charge in [-0.3, -0.25) is 9.59 Å². The van der Waals surface area contributed by atoms with Crippen LogP contribution in [0.2, 0.25) is 0 Å². The van der Waals surface area contributed by atoms with Crippen LogP contribution in [0.1, 0.15) is 72.1 Å². The lowest BCUT2D eigenvalue weighted by Crippen LogP contribution is -2.65. The van der Waals surface area contributed by atoms with Gasteiger partial charge in [-0.15, -0.1) is 0 Å². The second-order valence-electron chi connectivity index (χ2n) is 6.60. The Balaban J connectivity index is 2.07. The summed E-state index contributed by atoms with van der Waals surface area (Å²) < 4.78 is 0. The van der Waals surface area contributed by atoms with Crippen LogP contribution in [-0.2, 0) is 9.59 Å². The van der Waals surface area contributed by atoms with Gasteiger partial charge >= 0.3 is 0 Å². The van der Waals surface area contributed by atoms with E-state index in [-0.39, 0.29) is 29.9 Å². The van der Waals surface area contributed by atoms with Crippen molar-refractivity contribution in [2.45, 2.75) is 90.3 Å². The number of carbonyl (C=O) groups excluding carboxylic acids is 2. The predicted molar refractivity (Wildman–Crippen MR) is 83.8 cm³/mol. The molecule has 2 rings (SSSR count). The Kier molecular flexibility index (Phi) is 5.65. The van der Waals surface area contributed by atoms with E-state index in [0.717, 1.165) is 18.8 Å². The Hall–Kier alpha value is -1.06. The van der Waals surface area contributed by atoms with Crippen molar-refractivity contribution >= 4 is 11.8 Å². The zero-order chi connectivity index (χ0) is 15.4. The van der Waals surface area contributed by atoms with Crippen LogP contribution in [0.4, 0.5) is 0 Å². The van der Waals surface area contributed by atoms with E-state index < -0.39 is 0 Å². The first kappa shape index (κ1) is 16.3. The average Bonchev–Trinajstić information content (AvgIpc) is 2.50. The number of nitrogens with zero attached hydrogens (tertiary/aromatic N) is 1. The second-order valence-corrected chi connectivity index (χ2v) is 6.60. The fraction of sp³-hybridized carbons (Fsp3) is 0.882. The Morgan fingerprint density at radius 2 is 1.71 bits per heavy atom. The molecule has 0 bridgehead atoms. The molecular formula is C17H30N2O2. The number of hydrogen-bond donors (Lipinski definition) is 1. The van der Waals surface area contributed by atoms with Gasteiger partial charge in [-0.05, 0) is 44.4 Å². The van der Waals surface area contributed by atoms with Gasteiger partial charge in [0.2, 0.25) is 11.8 Å². The molecule has 2 fully saturated rings. The monoisotopic (exact) mass is 294 g/mol. The zero-order valence-corrected chi connectivity index (χ0v) is 13.7. The Morgan fingerprint density at radius 3 is 2.24 bits per heavy atom. The quantitative estimate of drug-likeness (QED) is 0.847. The van der Waals surface area contributed by atoms with Crippen LogP contribution in [0.5, 0.6) is 0 Å². The largest absolute Gasteiger partial charge is 0.343 e. The molecule has 21 heavy (non-hydrogen) atoms. The van der Waals surface area contributed by atoms with Gasteiger partial charge < -0.3 is 10.2 Å². The van der Waals surface area contributed by atoms with Gasteiger partial charge in [0.05, 0.1) is 0 Å². The molecule has 0 aromatic carbocycles. The van der Waals surface area contributed by atoms with Gasteiger partial charge in [0, 0.05) is 6.04 Å². The summed E-state index contributed by atoms with van der Waals surface area (Å²) in [6.07, 6.45) is 8.49.